The molecule has 8 heteroatoms. The van der Waals surface area contributed by atoms with Gasteiger partial charge in [-0.25, -0.2) is 4.39 Å². The van der Waals surface area contributed by atoms with Gasteiger partial charge in [-0.3, -0.25) is 19.3 Å². The molecule has 190 valence electrons. The summed E-state index contributed by atoms with van der Waals surface area (Å²) in [5.74, 6) is -1.34. The molecule has 36 heavy (non-hydrogen) atoms. The van der Waals surface area contributed by atoms with Crippen LogP contribution in [0, 0.1) is 11.7 Å². The quantitative estimate of drug-likeness (QED) is 0.639. The third-order valence-corrected chi connectivity index (χ3v) is 7.38. The summed E-state index contributed by atoms with van der Waals surface area (Å²) in [4.78, 5) is 42.9. The Morgan fingerprint density at radius 2 is 1.94 bits per heavy atom. The number of hydrogen-bond donors (Lipinski definition) is 1. The number of ether oxygens (including phenoxy) is 1. The molecular weight excluding hydrogens is 461 g/mol. The van der Waals surface area contributed by atoms with Crippen LogP contribution in [0.25, 0.3) is 0 Å². The first-order valence-electron chi connectivity index (χ1n) is 12.6. The number of carbonyl (C=O) groups excluding carboxylic acids is 3. The predicted octanol–water partition coefficient (Wildman–Crippen LogP) is 3.91. The van der Waals surface area contributed by atoms with Crippen molar-refractivity contribution in [2.24, 2.45) is 5.92 Å². The van der Waals surface area contributed by atoms with Crippen molar-refractivity contribution in [2.75, 3.05) is 24.6 Å². The largest absolute Gasteiger partial charge is 0.375 e. The van der Waals surface area contributed by atoms with Gasteiger partial charge >= 0.3 is 0 Å². The number of benzene rings is 2. The average Bonchev–Trinajstić information content (AvgIpc) is 3.08. The van der Waals surface area contributed by atoms with Gasteiger partial charge in [0.05, 0.1) is 34.9 Å². The van der Waals surface area contributed by atoms with Crippen LogP contribution in [0.3, 0.4) is 0 Å². The Morgan fingerprint density at radius 3 is 2.72 bits per heavy atom. The Bertz CT molecular complexity index is 1200. The van der Waals surface area contributed by atoms with Gasteiger partial charge in [0.2, 0.25) is 5.91 Å². The average molecular weight is 494 g/mol. The van der Waals surface area contributed by atoms with Gasteiger partial charge in [-0.2, -0.15) is 0 Å². The van der Waals surface area contributed by atoms with Crippen molar-refractivity contribution in [2.45, 2.75) is 57.7 Å². The molecule has 0 spiro atoms. The second kappa shape index (κ2) is 9.65. The summed E-state index contributed by atoms with van der Waals surface area (Å²) in [5.41, 5.74) is 1.70. The summed E-state index contributed by atoms with van der Waals surface area (Å²) in [7, 11) is 0. The van der Waals surface area contributed by atoms with Gasteiger partial charge in [-0.1, -0.05) is 18.2 Å². The predicted molar refractivity (Wildman–Crippen MR) is 133 cm³/mol. The molecule has 3 aliphatic heterocycles. The summed E-state index contributed by atoms with van der Waals surface area (Å²) < 4.78 is 19.4. The smallest absolute Gasteiger partial charge is 0.263 e. The summed E-state index contributed by atoms with van der Waals surface area (Å²) in [6.07, 6.45) is 3.17. The van der Waals surface area contributed by atoms with Gasteiger partial charge < -0.3 is 15.0 Å². The highest BCUT2D eigenvalue weighted by molar-refractivity contribution is 6.23. The van der Waals surface area contributed by atoms with Crippen LogP contribution in [-0.2, 0) is 16.1 Å². The molecule has 2 atom stereocenters. The number of hydrogen-bond acceptors (Lipinski definition) is 5. The molecule has 2 saturated heterocycles. The van der Waals surface area contributed by atoms with Crippen molar-refractivity contribution in [3.05, 3.63) is 65.0 Å². The lowest BCUT2D eigenvalue weighted by Crippen LogP contribution is -2.50. The van der Waals surface area contributed by atoms with E-state index in [0.29, 0.717) is 42.1 Å². The first kappa shape index (κ1) is 24.4. The lowest BCUT2D eigenvalue weighted by atomic mass is 9.91. The van der Waals surface area contributed by atoms with Gasteiger partial charge in [-0.15, -0.1) is 0 Å². The standard InChI is InChI=1S/C28H32FN3O4/c1-28(2)15-21(11-13-36-28)30-25(33)19-7-5-12-31(17-19)23-10-4-9-22-24(23)27(35)32(26(22)34)16-18-6-3-8-20(29)14-18/h3-4,6,8-10,14,19,21H,5,7,11-13,15-17H2,1-2H3,(H,30,33)/t19-,21+/m0/s1. The van der Waals surface area contributed by atoms with E-state index in [-0.39, 0.29) is 41.8 Å². The van der Waals surface area contributed by atoms with Crippen LogP contribution in [0.5, 0.6) is 0 Å². The molecule has 0 radical (unpaired) electrons. The van der Waals surface area contributed by atoms with Crippen LogP contribution in [0.15, 0.2) is 42.5 Å². The minimum atomic E-state index is -0.410. The molecule has 2 fully saturated rings. The van der Waals surface area contributed by atoms with E-state index in [1.165, 1.54) is 17.0 Å². The molecule has 2 aromatic carbocycles. The highest BCUT2D eigenvalue weighted by Gasteiger charge is 2.40. The molecule has 3 amide bonds. The number of amides is 3. The second-order valence-electron chi connectivity index (χ2n) is 10.6. The SMILES string of the molecule is CC1(C)C[C@H](NC(=O)[C@H]2CCCN(c3cccc4c3C(=O)N(Cc3cccc(F)c3)C4=O)C2)CCO1. The van der Waals surface area contributed by atoms with Gasteiger partial charge in [-0.05, 0) is 69.4 Å². The van der Waals surface area contributed by atoms with Crippen molar-refractivity contribution in [3.63, 3.8) is 0 Å². The van der Waals surface area contributed by atoms with Crippen LogP contribution >= 0.6 is 0 Å². The normalized spacial score (nSPS) is 23.5. The van der Waals surface area contributed by atoms with E-state index in [1.54, 1.807) is 24.3 Å². The summed E-state index contributed by atoms with van der Waals surface area (Å²) >= 11 is 0. The fraction of sp³-hybridized carbons (Fsp3) is 0.464. The van der Waals surface area contributed by atoms with Crippen LogP contribution in [0.1, 0.15) is 65.8 Å². The monoisotopic (exact) mass is 493 g/mol. The molecule has 2 aromatic rings. The number of halogens is 1. The first-order valence-corrected chi connectivity index (χ1v) is 12.6. The molecule has 0 unspecified atom stereocenters. The topological polar surface area (TPSA) is 79.0 Å². The van der Waals surface area contributed by atoms with E-state index in [4.69, 9.17) is 4.74 Å². The second-order valence-corrected chi connectivity index (χ2v) is 10.6. The van der Waals surface area contributed by atoms with Crippen molar-refractivity contribution in [3.8, 4) is 0 Å². The Balaban J connectivity index is 1.32. The van der Waals surface area contributed by atoms with Crippen molar-refractivity contribution in [1.29, 1.82) is 0 Å². The molecular formula is C28H32FN3O4. The number of piperidine rings is 1. The zero-order chi connectivity index (χ0) is 25.4. The third-order valence-electron chi connectivity index (χ3n) is 7.38. The van der Waals surface area contributed by atoms with E-state index >= 15 is 0 Å². The summed E-state index contributed by atoms with van der Waals surface area (Å²) in [6.45, 7) is 5.92. The zero-order valence-corrected chi connectivity index (χ0v) is 20.8. The Hall–Kier alpha value is -3.26. The zero-order valence-electron chi connectivity index (χ0n) is 20.8. The molecule has 5 rings (SSSR count). The fourth-order valence-corrected chi connectivity index (χ4v) is 5.62. The number of nitrogens with one attached hydrogen (secondary N) is 1. The fourth-order valence-electron chi connectivity index (χ4n) is 5.62. The van der Waals surface area contributed by atoms with Crippen molar-refractivity contribution >= 4 is 23.4 Å². The number of carbonyl (C=O) groups is 3. The highest BCUT2D eigenvalue weighted by atomic mass is 19.1. The van der Waals surface area contributed by atoms with Gasteiger partial charge in [0.25, 0.3) is 11.8 Å². The Kier molecular flexibility index (Phi) is 6.55. The Labute approximate surface area is 210 Å². The van der Waals surface area contributed by atoms with E-state index in [2.05, 4.69) is 10.2 Å². The molecule has 0 aromatic heterocycles. The first-order chi connectivity index (χ1) is 17.2. The third kappa shape index (κ3) is 4.87. The molecule has 7 nitrogen and oxygen atoms in total. The molecule has 0 bridgehead atoms. The molecule has 0 saturated carbocycles. The molecule has 1 N–H and O–H groups in total. The summed E-state index contributed by atoms with van der Waals surface area (Å²) in [6, 6.07) is 11.3. The van der Waals surface area contributed by atoms with Crippen molar-refractivity contribution < 1.29 is 23.5 Å². The minimum absolute atomic E-state index is 0.00995. The van der Waals surface area contributed by atoms with Gasteiger partial charge in [0.15, 0.2) is 0 Å². The van der Waals surface area contributed by atoms with E-state index < -0.39 is 5.82 Å². The maximum atomic E-state index is 13.7. The number of fused-ring (bicyclic) bond motifs is 1. The maximum Gasteiger partial charge on any atom is 0.263 e. The Morgan fingerprint density at radius 1 is 1.14 bits per heavy atom. The molecule has 0 aliphatic carbocycles. The van der Waals surface area contributed by atoms with E-state index in [1.807, 2.05) is 19.9 Å². The highest BCUT2D eigenvalue weighted by Crippen LogP contribution is 2.35. The maximum absolute atomic E-state index is 13.7. The van der Waals surface area contributed by atoms with Crippen LogP contribution in [0.2, 0.25) is 0 Å². The summed E-state index contributed by atoms with van der Waals surface area (Å²) in [5, 5.41) is 3.22. The molecule has 3 heterocycles. The van der Waals surface area contributed by atoms with E-state index in [0.717, 1.165) is 25.7 Å². The number of nitrogens with zero attached hydrogens (tertiary/aromatic N) is 2. The van der Waals surface area contributed by atoms with E-state index in [9.17, 15) is 18.8 Å². The lowest BCUT2D eigenvalue weighted by molar-refractivity contribution is -0.128. The van der Waals surface area contributed by atoms with Crippen LogP contribution in [-0.4, -0.2) is 54.0 Å². The number of rotatable bonds is 5. The van der Waals surface area contributed by atoms with Crippen molar-refractivity contribution in [1.82, 2.24) is 10.2 Å². The van der Waals surface area contributed by atoms with Gasteiger partial charge in [0.1, 0.15) is 5.82 Å². The minimum Gasteiger partial charge on any atom is -0.375 e. The van der Waals surface area contributed by atoms with Gasteiger partial charge in [0, 0.05) is 25.7 Å². The number of imide groups is 1. The molecule has 3 aliphatic rings. The lowest BCUT2D eigenvalue weighted by Gasteiger charge is -2.38. The van der Waals surface area contributed by atoms with Crippen LogP contribution < -0.4 is 10.2 Å². The van der Waals surface area contributed by atoms with Crippen LogP contribution in [0.4, 0.5) is 10.1 Å². The number of anilines is 1.